The Morgan fingerprint density at radius 2 is 1.11 bits per heavy atom. The fraction of sp³-hybridized carbons (Fsp3) is 0.871. The second-order valence-corrected chi connectivity index (χ2v) is 11.1. The van der Waals surface area contributed by atoms with Crippen LogP contribution in [0.4, 0.5) is 0 Å². The quantitative estimate of drug-likeness (QED) is 0.179. The van der Waals surface area contributed by atoms with Crippen molar-refractivity contribution in [2.75, 3.05) is 13.2 Å². The van der Waals surface area contributed by atoms with Crippen molar-refractivity contribution in [3.05, 3.63) is 0 Å². The van der Waals surface area contributed by atoms with Crippen molar-refractivity contribution < 1.29 is 23.9 Å². The summed E-state index contributed by atoms with van der Waals surface area (Å²) < 4.78 is 4.94. The minimum Gasteiger partial charge on any atom is -0.381 e. The molecule has 5 nitrogen and oxygen atoms in total. The average molecular weight is 549 g/mol. The van der Waals surface area contributed by atoms with Crippen LogP contribution in [0.3, 0.4) is 0 Å². The molecular formula is C31H61ClO5. The SMILES string of the molecule is C.C1CCOC1.CCC(C)(C)C(C)=O.CCC(CC)C(=O)CC(=O)C(C)(C)CC.CCC(CC)C(=O)Cl. The smallest absolute Gasteiger partial charge is 0.224 e. The highest BCUT2D eigenvalue weighted by Gasteiger charge is 2.28. The summed E-state index contributed by atoms with van der Waals surface area (Å²) in [5.41, 5.74) is -0.443. The van der Waals surface area contributed by atoms with Gasteiger partial charge in [-0.25, -0.2) is 0 Å². The molecule has 1 rings (SSSR count). The normalized spacial score (nSPS) is 12.7. The van der Waals surface area contributed by atoms with Crippen molar-refractivity contribution in [1.82, 2.24) is 0 Å². The van der Waals surface area contributed by atoms with Crippen molar-refractivity contribution in [3.63, 3.8) is 0 Å². The minimum atomic E-state index is -0.346. The van der Waals surface area contributed by atoms with Gasteiger partial charge in [-0.3, -0.25) is 19.2 Å². The summed E-state index contributed by atoms with van der Waals surface area (Å²) >= 11 is 5.21. The Bertz CT molecular complexity index is 605. The van der Waals surface area contributed by atoms with Gasteiger partial charge in [0.25, 0.3) is 0 Å². The zero-order valence-electron chi connectivity index (χ0n) is 25.4. The van der Waals surface area contributed by atoms with Crippen molar-refractivity contribution >= 4 is 34.2 Å². The van der Waals surface area contributed by atoms with Gasteiger partial charge in [0.2, 0.25) is 5.24 Å². The number of hydrogen-bond acceptors (Lipinski definition) is 5. The summed E-state index contributed by atoms with van der Waals surface area (Å²) in [6.07, 6.45) is 7.81. The highest BCUT2D eigenvalue weighted by Crippen LogP contribution is 2.24. The van der Waals surface area contributed by atoms with Gasteiger partial charge in [0.05, 0.1) is 6.42 Å². The molecule has 0 atom stereocenters. The van der Waals surface area contributed by atoms with E-state index in [9.17, 15) is 19.2 Å². The molecule has 0 N–H and O–H groups in total. The number of ether oxygens (including phenoxy) is 1. The Labute approximate surface area is 235 Å². The number of Topliss-reactive ketones (excluding diaryl/α,β-unsaturated/α-hetero) is 3. The number of rotatable bonds is 12. The van der Waals surface area contributed by atoms with Gasteiger partial charge in [-0.2, -0.15) is 0 Å². The van der Waals surface area contributed by atoms with E-state index in [1.807, 2.05) is 69.2 Å². The molecule has 0 radical (unpaired) electrons. The van der Waals surface area contributed by atoms with Gasteiger partial charge in [-0.05, 0) is 69.9 Å². The van der Waals surface area contributed by atoms with E-state index in [1.165, 1.54) is 12.8 Å². The first kappa shape index (κ1) is 43.0. The van der Waals surface area contributed by atoms with Gasteiger partial charge in [0, 0.05) is 35.9 Å². The Hall–Kier alpha value is -1.07. The first-order valence-electron chi connectivity index (χ1n) is 14.0. The molecule has 1 fully saturated rings. The van der Waals surface area contributed by atoms with E-state index in [-0.39, 0.29) is 59.1 Å². The molecule has 0 aromatic heterocycles. The van der Waals surface area contributed by atoms with Crippen LogP contribution in [0.25, 0.3) is 0 Å². The van der Waals surface area contributed by atoms with Crippen LogP contribution in [-0.2, 0) is 23.9 Å². The molecule has 1 heterocycles. The zero-order valence-corrected chi connectivity index (χ0v) is 26.1. The second kappa shape index (κ2) is 24.0. The predicted octanol–water partition coefficient (Wildman–Crippen LogP) is 9.02. The van der Waals surface area contributed by atoms with Crippen LogP contribution in [0.2, 0.25) is 0 Å². The van der Waals surface area contributed by atoms with E-state index in [1.54, 1.807) is 6.92 Å². The molecular weight excluding hydrogens is 488 g/mol. The van der Waals surface area contributed by atoms with E-state index in [2.05, 4.69) is 0 Å². The largest absolute Gasteiger partial charge is 0.381 e. The van der Waals surface area contributed by atoms with Gasteiger partial charge in [0.1, 0.15) is 17.3 Å². The summed E-state index contributed by atoms with van der Waals surface area (Å²) in [4.78, 5) is 44.6. The standard InChI is InChI=1S/C13H24O2.C7H14O.C6H11ClO.C4H8O.CH4/c1-6-10(7-2)11(14)9-12(15)13(4,5)8-3;1-5-7(3,4)6(2)8;1-3-5(4-2)6(7)8;1-2-4-5-3-1;/h10H,6-9H2,1-5H3;5H2,1-4H3;5H,3-4H2,1-2H3;1-4H2;1H4. The molecule has 222 valence electrons. The fourth-order valence-electron chi connectivity index (χ4n) is 2.85. The van der Waals surface area contributed by atoms with Crippen LogP contribution in [0.15, 0.2) is 0 Å². The summed E-state index contributed by atoms with van der Waals surface area (Å²) in [6.45, 7) is 23.4. The van der Waals surface area contributed by atoms with Gasteiger partial charge in [-0.15, -0.1) is 0 Å². The highest BCUT2D eigenvalue weighted by atomic mass is 35.5. The summed E-state index contributed by atoms with van der Waals surface area (Å²) in [7, 11) is 0. The van der Waals surface area contributed by atoms with Crippen LogP contribution in [0.1, 0.15) is 141 Å². The molecule has 0 bridgehead atoms. The molecule has 0 aromatic carbocycles. The first-order valence-corrected chi connectivity index (χ1v) is 14.3. The van der Waals surface area contributed by atoms with Gasteiger partial charge < -0.3 is 4.74 Å². The Morgan fingerprint density at radius 3 is 1.27 bits per heavy atom. The summed E-state index contributed by atoms with van der Waals surface area (Å²) in [5, 5.41) is -0.199. The molecule has 1 saturated heterocycles. The average Bonchev–Trinajstić information content (AvgIpc) is 3.41. The zero-order chi connectivity index (χ0) is 28.9. The van der Waals surface area contributed by atoms with Crippen molar-refractivity contribution in [2.24, 2.45) is 22.7 Å². The molecule has 1 aliphatic heterocycles. The van der Waals surface area contributed by atoms with Gasteiger partial charge >= 0.3 is 0 Å². The number of hydrogen-bond donors (Lipinski definition) is 0. The van der Waals surface area contributed by atoms with Crippen molar-refractivity contribution in [3.8, 4) is 0 Å². The van der Waals surface area contributed by atoms with Crippen LogP contribution >= 0.6 is 11.6 Å². The van der Waals surface area contributed by atoms with Crippen LogP contribution in [0, 0.1) is 22.7 Å². The van der Waals surface area contributed by atoms with E-state index in [0.717, 1.165) is 51.7 Å². The van der Waals surface area contributed by atoms with Crippen LogP contribution in [0.5, 0.6) is 0 Å². The van der Waals surface area contributed by atoms with Gasteiger partial charge in [-0.1, -0.05) is 76.7 Å². The predicted molar refractivity (Wildman–Crippen MR) is 159 cm³/mol. The molecule has 6 heteroatoms. The van der Waals surface area contributed by atoms with E-state index >= 15 is 0 Å². The molecule has 0 aliphatic carbocycles. The lowest BCUT2D eigenvalue weighted by Gasteiger charge is -2.21. The molecule has 0 spiro atoms. The molecule has 0 saturated carbocycles. The van der Waals surface area contributed by atoms with E-state index in [0.29, 0.717) is 0 Å². The third-order valence-corrected chi connectivity index (χ3v) is 7.69. The van der Waals surface area contributed by atoms with Gasteiger partial charge in [0.15, 0.2) is 0 Å². The lowest BCUT2D eigenvalue weighted by atomic mass is 9.81. The third kappa shape index (κ3) is 21.5. The maximum Gasteiger partial charge on any atom is 0.224 e. The maximum absolute atomic E-state index is 11.8. The van der Waals surface area contributed by atoms with E-state index < -0.39 is 0 Å². The second-order valence-electron chi connectivity index (χ2n) is 10.7. The Morgan fingerprint density at radius 1 is 0.730 bits per heavy atom. The number of carbonyl (C=O) groups is 4. The highest BCUT2D eigenvalue weighted by molar-refractivity contribution is 6.63. The van der Waals surface area contributed by atoms with Crippen LogP contribution < -0.4 is 0 Å². The Balaban J connectivity index is -0.000000210. The molecule has 0 aromatic rings. The third-order valence-electron chi connectivity index (χ3n) is 7.39. The number of ketones is 3. The van der Waals surface area contributed by atoms with Crippen molar-refractivity contribution in [1.29, 1.82) is 0 Å². The Kier molecular flexibility index (Phi) is 27.9. The lowest BCUT2D eigenvalue weighted by Crippen LogP contribution is -2.28. The summed E-state index contributed by atoms with van der Waals surface area (Å²) in [6, 6.07) is 0. The first-order chi connectivity index (χ1) is 16.6. The fourth-order valence-corrected chi connectivity index (χ4v) is 3.16. The minimum absolute atomic E-state index is 0. The maximum atomic E-state index is 11.8. The summed E-state index contributed by atoms with van der Waals surface area (Å²) in [5.74, 6) is 0.631. The molecule has 37 heavy (non-hydrogen) atoms. The van der Waals surface area contributed by atoms with E-state index in [4.69, 9.17) is 16.3 Å². The lowest BCUT2D eigenvalue weighted by molar-refractivity contribution is -0.134. The molecule has 0 amide bonds. The number of carbonyl (C=O) groups excluding carboxylic acids is 4. The van der Waals surface area contributed by atoms with Crippen LogP contribution in [-0.4, -0.2) is 35.8 Å². The topological polar surface area (TPSA) is 77.5 Å². The number of halogens is 1. The van der Waals surface area contributed by atoms with Crippen molar-refractivity contribution in [2.45, 2.75) is 141 Å². The molecule has 0 unspecified atom stereocenters. The molecule has 1 aliphatic rings. The monoisotopic (exact) mass is 548 g/mol.